The van der Waals surface area contributed by atoms with Gasteiger partial charge in [-0.1, -0.05) is 18.2 Å². The van der Waals surface area contributed by atoms with E-state index in [4.69, 9.17) is 4.74 Å². The van der Waals surface area contributed by atoms with Gasteiger partial charge in [-0.05, 0) is 45.2 Å². The Morgan fingerprint density at radius 3 is 2.39 bits per heavy atom. The second-order valence-corrected chi connectivity index (χ2v) is 6.95. The Labute approximate surface area is 137 Å². The van der Waals surface area contributed by atoms with Crippen LogP contribution in [0.5, 0.6) is 0 Å². The Morgan fingerprint density at radius 2 is 1.83 bits per heavy atom. The molecular formula is C18H25NO4. The number of benzene rings is 1. The highest BCUT2D eigenvalue weighted by atomic mass is 16.5. The molecule has 126 valence electrons. The predicted molar refractivity (Wildman–Crippen MR) is 87.5 cm³/mol. The molecule has 0 radical (unpaired) electrons. The average Bonchev–Trinajstić information content (AvgIpc) is 2.46. The second-order valence-electron chi connectivity index (χ2n) is 6.95. The van der Waals surface area contributed by atoms with Crippen molar-refractivity contribution in [2.45, 2.75) is 51.7 Å². The summed E-state index contributed by atoms with van der Waals surface area (Å²) in [6.07, 6.45) is 1.96. The van der Waals surface area contributed by atoms with Gasteiger partial charge in [-0.25, -0.2) is 4.79 Å². The van der Waals surface area contributed by atoms with Gasteiger partial charge in [0.1, 0.15) is 0 Å². The number of rotatable bonds is 4. The number of carbonyl (C=O) groups excluding carboxylic acids is 1. The van der Waals surface area contributed by atoms with Gasteiger partial charge >= 0.3 is 5.97 Å². The molecule has 23 heavy (non-hydrogen) atoms. The van der Waals surface area contributed by atoms with Crippen LogP contribution in [0.25, 0.3) is 0 Å². The first-order valence-electron chi connectivity index (χ1n) is 8.03. The molecule has 1 aliphatic heterocycles. The van der Waals surface area contributed by atoms with Gasteiger partial charge < -0.3 is 14.7 Å². The van der Waals surface area contributed by atoms with Crippen molar-refractivity contribution in [1.82, 2.24) is 4.90 Å². The molecule has 1 heterocycles. The molecular weight excluding hydrogens is 294 g/mol. The van der Waals surface area contributed by atoms with Crippen molar-refractivity contribution in [2.24, 2.45) is 0 Å². The van der Waals surface area contributed by atoms with Gasteiger partial charge in [0, 0.05) is 13.1 Å². The molecule has 1 aliphatic rings. The molecule has 1 amide bonds. The number of carbonyl (C=O) groups is 2. The number of hydrogen-bond acceptors (Lipinski definition) is 3. The Kier molecular flexibility index (Phi) is 5.42. The molecule has 0 spiro atoms. The molecule has 1 N–H and O–H groups in total. The first-order chi connectivity index (χ1) is 10.8. The second kappa shape index (κ2) is 7.13. The molecule has 0 saturated carbocycles. The number of carboxylic acid groups (broad SMARTS) is 1. The zero-order chi connectivity index (χ0) is 17.0. The van der Waals surface area contributed by atoms with Crippen LogP contribution in [0.3, 0.4) is 0 Å². The van der Waals surface area contributed by atoms with E-state index in [9.17, 15) is 14.7 Å². The highest BCUT2D eigenvalue weighted by molar-refractivity contribution is 5.91. The number of amides is 1. The molecule has 0 unspecified atom stereocenters. The Hall–Kier alpha value is -1.88. The van der Waals surface area contributed by atoms with Crippen molar-refractivity contribution >= 4 is 11.9 Å². The van der Waals surface area contributed by atoms with Crippen LogP contribution >= 0.6 is 0 Å². The number of ether oxygens (including phenoxy) is 1. The van der Waals surface area contributed by atoms with Crippen LogP contribution in [0.2, 0.25) is 0 Å². The normalized spacial score (nSPS) is 16.4. The maximum absolute atomic E-state index is 12.4. The number of carboxylic acids is 1. The van der Waals surface area contributed by atoms with Crippen LogP contribution in [0, 0.1) is 0 Å². The summed E-state index contributed by atoms with van der Waals surface area (Å²) in [5.74, 6) is -1.02. The van der Waals surface area contributed by atoms with Crippen LogP contribution in [-0.4, -0.2) is 46.7 Å². The summed E-state index contributed by atoms with van der Waals surface area (Å²) in [7, 11) is 0. The van der Waals surface area contributed by atoms with Gasteiger partial charge in [-0.3, -0.25) is 4.79 Å². The Bertz CT molecular complexity index is 569. The van der Waals surface area contributed by atoms with E-state index in [0.29, 0.717) is 18.7 Å². The summed E-state index contributed by atoms with van der Waals surface area (Å²) in [6, 6.07) is 6.68. The van der Waals surface area contributed by atoms with Crippen LogP contribution in [-0.2, 0) is 16.0 Å². The van der Waals surface area contributed by atoms with Crippen LogP contribution < -0.4 is 0 Å². The first-order valence-corrected chi connectivity index (χ1v) is 8.03. The van der Waals surface area contributed by atoms with Crippen molar-refractivity contribution in [1.29, 1.82) is 0 Å². The van der Waals surface area contributed by atoms with Crippen molar-refractivity contribution in [3.8, 4) is 0 Å². The van der Waals surface area contributed by atoms with Crippen molar-refractivity contribution in [2.75, 3.05) is 13.1 Å². The SMILES string of the molecule is CC(C)(C)OC1CCN(C(=O)Cc2ccccc2C(=O)O)CC1. The summed E-state index contributed by atoms with van der Waals surface area (Å²) >= 11 is 0. The smallest absolute Gasteiger partial charge is 0.335 e. The molecule has 1 aromatic carbocycles. The number of likely N-dealkylation sites (tertiary alicyclic amines) is 1. The number of nitrogens with zero attached hydrogens (tertiary/aromatic N) is 1. The lowest BCUT2D eigenvalue weighted by atomic mass is 10.0. The summed E-state index contributed by atoms with van der Waals surface area (Å²) in [5.41, 5.74) is 0.599. The maximum Gasteiger partial charge on any atom is 0.335 e. The number of aromatic carboxylic acids is 1. The third-order valence-electron chi connectivity index (χ3n) is 3.90. The molecule has 1 saturated heterocycles. The van der Waals surface area contributed by atoms with Gasteiger partial charge in [0.2, 0.25) is 5.91 Å². The zero-order valence-corrected chi connectivity index (χ0v) is 14.0. The van der Waals surface area contributed by atoms with E-state index < -0.39 is 5.97 Å². The highest BCUT2D eigenvalue weighted by Crippen LogP contribution is 2.21. The van der Waals surface area contributed by atoms with Crippen molar-refractivity contribution in [3.05, 3.63) is 35.4 Å². The van der Waals surface area contributed by atoms with Gasteiger partial charge in [-0.2, -0.15) is 0 Å². The topological polar surface area (TPSA) is 66.8 Å². The fraction of sp³-hybridized carbons (Fsp3) is 0.556. The summed E-state index contributed by atoms with van der Waals surface area (Å²) in [4.78, 5) is 25.4. The number of hydrogen-bond donors (Lipinski definition) is 1. The van der Waals surface area contributed by atoms with Crippen LogP contribution in [0.4, 0.5) is 0 Å². The zero-order valence-electron chi connectivity index (χ0n) is 14.0. The van der Waals surface area contributed by atoms with Gasteiger partial charge in [0.15, 0.2) is 0 Å². The van der Waals surface area contributed by atoms with E-state index in [2.05, 4.69) is 0 Å². The van der Waals surface area contributed by atoms with Crippen LogP contribution in [0.15, 0.2) is 24.3 Å². The van der Waals surface area contributed by atoms with E-state index in [1.807, 2.05) is 20.8 Å². The maximum atomic E-state index is 12.4. The molecule has 0 aliphatic carbocycles. The van der Waals surface area contributed by atoms with Gasteiger partial charge in [0.25, 0.3) is 0 Å². The molecule has 1 aromatic rings. The lowest BCUT2D eigenvalue weighted by Gasteiger charge is -2.35. The molecule has 0 bridgehead atoms. The Balaban J connectivity index is 1.92. The fourth-order valence-electron chi connectivity index (χ4n) is 2.88. The minimum atomic E-state index is -0.995. The monoisotopic (exact) mass is 319 g/mol. The quantitative estimate of drug-likeness (QED) is 0.926. The van der Waals surface area contributed by atoms with E-state index in [1.54, 1.807) is 23.1 Å². The molecule has 5 nitrogen and oxygen atoms in total. The molecule has 2 rings (SSSR count). The minimum absolute atomic E-state index is 0.0205. The predicted octanol–water partition coefficient (Wildman–Crippen LogP) is 2.73. The lowest BCUT2D eigenvalue weighted by molar-refractivity contribution is -0.135. The largest absolute Gasteiger partial charge is 0.478 e. The van der Waals surface area contributed by atoms with E-state index in [-0.39, 0.29) is 29.6 Å². The van der Waals surface area contributed by atoms with E-state index >= 15 is 0 Å². The van der Waals surface area contributed by atoms with Gasteiger partial charge in [0.05, 0.1) is 23.7 Å². The third kappa shape index (κ3) is 5.06. The first kappa shape index (κ1) is 17.5. The van der Waals surface area contributed by atoms with Crippen molar-refractivity contribution < 1.29 is 19.4 Å². The third-order valence-corrected chi connectivity index (χ3v) is 3.90. The average molecular weight is 319 g/mol. The summed E-state index contributed by atoms with van der Waals surface area (Å²) in [5, 5.41) is 9.19. The Morgan fingerprint density at radius 1 is 1.22 bits per heavy atom. The molecule has 1 fully saturated rings. The summed E-state index contributed by atoms with van der Waals surface area (Å²) < 4.78 is 5.96. The highest BCUT2D eigenvalue weighted by Gasteiger charge is 2.27. The number of piperidine rings is 1. The lowest BCUT2D eigenvalue weighted by Crippen LogP contribution is -2.43. The standard InChI is InChI=1S/C18H25NO4/c1-18(2,3)23-14-8-10-19(11-9-14)16(20)12-13-6-4-5-7-15(13)17(21)22/h4-7,14H,8-12H2,1-3H3,(H,21,22). The molecule has 5 heteroatoms. The van der Waals surface area contributed by atoms with Crippen molar-refractivity contribution in [3.63, 3.8) is 0 Å². The van der Waals surface area contributed by atoms with Crippen LogP contribution in [0.1, 0.15) is 49.5 Å². The molecule has 0 atom stereocenters. The van der Waals surface area contributed by atoms with E-state index in [0.717, 1.165) is 12.8 Å². The summed E-state index contributed by atoms with van der Waals surface area (Å²) in [6.45, 7) is 7.43. The van der Waals surface area contributed by atoms with E-state index in [1.165, 1.54) is 6.07 Å². The fourth-order valence-corrected chi connectivity index (χ4v) is 2.88. The molecule has 0 aromatic heterocycles. The van der Waals surface area contributed by atoms with Gasteiger partial charge in [-0.15, -0.1) is 0 Å². The minimum Gasteiger partial charge on any atom is -0.478 e.